The van der Waals surface area contributed by atoms with Crippen molar-refractivity contribution in [3.05, 3.63) is 56.9 Å². The molecule has 0 bridgehead atoms. The van der Waals surface area contributed by atoms with Crippen LogP contribution in [0.4, 0.5) is 0 Å². The first kappa shape index (κ1) is 22.6. The van der Waals surface area contributed by atoms with Crippen LogP contribution in [0.25, 0.3) is 17.2 Å². The quantitative estimate of drug-likeness (QED) is 0.457. The predicted octanol–water partition coefficient (Wildman–Crippen LogP) is 4.86. The summed E-state index contributed by atoms with van der Waals surface area (Å²) in [4.78, 5) is 15.0. The fourth-order valence-corrected chi connectivity index (χ4v) is 4.78. The second-order valence-electron chi connectivity index (χ2n) is 7.03. The number of nitrogens with zero attached hydrogens (tertiary/aromatic N) is 1. The van der Waals surface area contributed by atoms with Crippen LogP contribution < -0.4 is 10.1 Å². The van der Waals surface area contributed by atoms with E-state index >= 15 is 0 Å². The maximum absolute atomic E-state index is 12.2. The second kappa shape index (κ2) is 10.3. The Morgan fingerprint density at radius 1 is 1.19 bits per heavy atom. The van der Waals surface area contributed by atoms with Crippen LogP contribution in [0.5, 0.6) is 5.75 Å². The largest absolute Gasteiger partial charge is 0.492 e. The normalized spacial score (nSPS) is 18.5. The van der Waals surface area contributed by atoms with E-state index in [0.29, 0.717) is 31.6 Å². The third-order valence-corrected chi connectivity index (χ3v) is 6.67. The van der Waals surface area contributed by atoms with E-state index < -0.39 is 0 Å². The molecule has 9 heteroatoms. The number of halogens is 2. The Labute approximate surface area is 200 Å². The summed E-state index contributed by atoms with van der Waals surface area (Å²) < 4.78 is 11.9. The molecule has 4 rings (SSSR count). The highest BCUT2D eigenvalue weighted by molar-refractivity contribution is 8.26. The number of rotatable bonds is 6. The van der Waals surface area contributed by atoms with Crippen LogP contribution in [0.3, 0.4) is 0 Å². The average Bonchev–Trinajstić information content (AvgIpc) is 3.08. The number of carbonyl (C=O) groups is 1. The van der Waals surface area contributed by atoms with Gasteiger partial charge in [0.25, 0.3) is 5.91 Å². The molecule has 0 aliphatic carbocycles. The van der Waals surface area contributed by atoms with Gasteiger partial charge in [-0.2, -0.15) is 0 Å². The molecule has 2 heterocycles. The van der Waals surface area contributed by atoms with Crippen molar-refractivity contribution in [2.24, 2.45) is 0 Å². The molecule has 0 aromatic heterocycles. The summed E-state index contributed by atoms with van der Waals surface area (Å²) in [6, 6.07) is 11.1. The molecule has 2 aliphatic heterocycles. The maximum atomic E-state index is 12.2. The fraction of sp³-hybridized carbons (Fsp3) is 0.273. The summed E-state index contributed by atoms with van der Waals surface area (Å²) in [6.07, 6.45) is 1.80. The van der Waals surface area contributed by atoms with Gasteiger partial charge < -0.3 is 14.8 Å². The zero-order chi connectivity index (χ0) is 21.8. The van der Waals surface area contributed by atoms with Crippen LogP contribution in [0, 0.1) is 0 Å². The van der Waals surface area contributed by atoms with E-state index in [9.17, 15) is 4.79 Å². The number of hydrogen-bond donors (Lipinski definition) is 1. The molecule has 162 valence electrons. The lowest BCUT2D eigenvalue weighted by atomic mass is 10.0. The van der Waals surface area contributed by atoms with Crippen molar-refractivity contribution < 1.29 is 14.3 Å². The first-order valence-corrected chi connectivity index (χ1v) is 11.7. The Hall–Kier alpha value is -1.61. The molecule has 31 heavy (non-hydrogen) atoms. The topological polar surface area (TPSA) is 50.8 Å². The highest BCUT2D eigenvalue weighted by Crippen LogP contribution is 2.35. The Morgan fingerprint density at radius 2 is 2.00 bits per heavy atom. The van der Waals surface area contributed by atoms with E-state index in [2.05, 4.69) is 10.2 Å². The Kier molecular flexibility index (Phi) is 7.53. The van der Waals surface area contributed by atoms with Gasteiger partial charge in [0.1, 0.15) is 16.7 Å². The van der Waals surface area contributed by atoms with Gasteiger partial charge in [-0.3, -0.25) is 9.69 Å². The number of nitrogens with one attached hydrogen (secondary N) is 1. The standard InChI is InChI=1S/C22H20Cl2N2O3S2/c23-16-2-3-18(24)17(13-16)14-1-4-19(29-10-7-26-5-8-28-9-6-26)15(11-14)12-20-21(27)25-22(30)31-20/h1-4,11-13H,5-10H2,(H,25,27,30). The molecule has 5 nitrogen and oxygen atoms in total. The zero-order valence-corrected chi connectivity index (χ0v) is 19.7. The third kappa shape index (κ3) is 5.80. The lowest BCUT2D eigenvalue weighted by molar-refractivity contribution is -0.115. The van der Waals surface area contributed by atoms with Gasteiger partial charge in [0, 0.05) is 40.8 Å². The molecular formula is C22H20Cl2N2O3S2. The lowest BCUT2D eigenvalue weighted by Gasteiger charge is -2.26. The summed E-state index contributed by atoms with van der Waals surface area (Å²) >= 11 is 18.9. The van der Waals surface area contributed by atoms with Crippen molar-refractivity contribution >= 4 is 63.5 Å². The summed E-state index contributed by atoms with van der Waals surface area (Å²) in [6.45, 7) is 4.64. The summed E-state index contributed by atoms with van der Waals surface area (Å²) in [7, 11) is 0. The molecule has 2 saturated heterocycles. The minimum atomic E-state index is -0.208. The molecule has 2 aromatic rings. The van der Waals surface area contributed by atoms with Crippen molar-refractivity contribution in [3.63, 3.8) is 0 Å². The number of amides is 1. The number of benzene rings is 2. The van der Waals surface area contributed by atoms with Crippen LogP contribution in [-0.4, -0.2) is 54.6 Å². The van der Waals surface area contributed by atoms with Gasteiger partial charge in [-0.05, 0) is 42.0 Å². The van der Waals surface area contributed by atoms with E-state index in [1.54, 1.807) is 18.2 Å². The molecule has 2 fully saturated rings. The molecule has 0 spiro atoms. The van der Waals surface area contributed by atoms with Gasteiger partial charge in [-0.1, -0.05) is 53.2 Å². The maximum Gasteiger partial charge on any atom is 0.263 e. The number of thiocarbonyl (C=S) groups is 1. The van der Waals surface area contributed by atoms with Crippen LogP contribution >= 0.6 is 47.2 Å². The van der Waals surface area contributed by atoms with E-state index in [-0.39, 0.29) is 5.91 Å². The van der Waals surface area contributed by atoms with E-state index in [0.717, 1.165) is 49.5 Å². The van der Waals surface area contributed by atoms with E-state index in [1.807, 2.05) is 24.3 Å². The van der Waals surface area contributed by atoms with Crippen LogP contribution in [0.15, 0.2) is 41.3 Å². The highest BCUT2D eigenvalue weighted by atomic mass is 35.5. The van der Waals surface area contributed by atoms with Gasteiger partial charge >= 0.3 is 0 Å². The number of carbonyl (C=O) groups excluding carboxylic acids is 1. The molecule has 1 amide bonds. The van der Waals surface area contributed by atoms with Gasteiger partial charge in [-0.25, -0.2) is 0 Å². The van der Waals surface area contributed by atoms with Crippen LogP contribution in [0.1, 0.15) is 5.56 Å². The molecule has 2 aromatic carbocycles. The number of hydrogen-bond acceptors (Lipinski definition) is 6. The lowest BCUT2D eigenvalue weighted by Crippen LogP contribution is -2.38. The van der Waals surface area contributed by atoms with E-state index in [1.165, 1.54) is 11.8 Å². The first-order valence-electron chi connectivity index (χ1n) is 9.77. The van der Waals surface area contributed by atoms with Gasteiger partial charge in [-0.15, -0.1) is 0 Å². The van der Waals surface area contributed by atoms with Crippen molar-refractivity contribution in [1.29, 1.82) is 0 Å². The molecule has 1 N–H and O–H groups in total. The molecular weight excluding hydrogens is 475 g/mol. The number of ether oxygens (including phenoxy) is 2. The van der Waals surface area contributed by atoms with Gasteiger partial charge in [0.2, 0.25) is 0 Å². The molecule has 0 unspecified atom stereocenters. The number of morpholine rings is 1. The van der Waals surface area contributed by atoms with Gasteiger partial charge in [0.05, 0.1) is 18.1 Å². The summed E-state index contributed by atoms with van der Waals surface area (Å²) in [5, 5.41) is 3.84. The number of thioether (sulfide) groups is 1. The molecule has 2 aliphatic rings. The monoisotopic (exact) mass is 494 g/mol. The van der Waals surface area contributed by atoms with E-state index in [4.69, 9.17) is 44.9 Å². The van der Waals surface area contributed by atoms with Gasteiger partial charge in [0.15, 0.2) is 0 Å². The van der Waals surface area contributed by atoms with Crippen molar-refractivity contribution in [3.8, 4) is 16.9 Å². The average molecular weight is 495 g/mol. The minimum Gasteiger partial charge on any atom is -0.492 e. The van der Waals surface area contributed by atoms with Crippen molar-refractivity contribution in [2.75, 3.05) is 39.5 Å². The second-order valence-corrected chi connectivity index (χ2v) is 9.59. The Bertz CT molecular complexity index is 1040. The SMILES string of the molecule is O=C1NC(=S)SC1=Cc1cc(-c2cc(Cl)ccc2Cl)ccc1OCCN1CCOCC1. The third-order valence-electron chi connectivity index (χ3n) is 4.95. The fourth-order valence-electron chi connectivity index (χ4n) is 3.35. The molecule has 0 radical (unpaired) electrons. The molecule has 0 saturated carbocycles. The predicted molar refractivity (Wildman–Crippen MR) is 131 cm³/mol. The highest BCUT2D eigenvalue weighted by Gasteiger charge is 2.23. The molecule has 0 atom stereocenters. The van der Waals surface area contributed by atoms with Crippen LogP contribution in [0.2, 0.25) is 10.0 Å². The summed E-state index contributed by atoms with van der Waals surface area (Å²) in [5.74, 6) is 0.481. The Morgan fingerprint density at radius 3 is 2.74 bits per heavy atom. The zero-order valence-electron chi connectivity index (χ0n) is 16.5. The minimum absolute atomic E-state index is 0.208. The first-order chi connectivity index (χ1) is 15.0. The van der Waals surface area contributed by atoms with Crippen molar-refractivity contribution in [2.45, 2.75) is 0 Å². The Balaban J connectivity index is 1.61. The smallest absolute Gasteiger partial charge is 0.263 e. The van der Waals surface area contributed by atoms with Crippen LogP contribution in [-0.2, 0) is 9.53 Å². The van der Waals surface area contributed by atoms with Crippen molar-refractivity contribution in [1.82, 2.24) is 10.2 Å². The summed E-state index contributed by atoms with van der Waals surface area (Å²) in [5.41, 5.74) is 2.47.